The number of rotatable bonds is 2. The van der Waals surface area contributed by atoms with Gasteiger partial charge in [0.25, 0.3) is 5.91 Å². The van der Waals surface area contributed by atoms with Crippen molar-refractivity contribution in [1.82, 2.24) is 14.9 Å². The summed E-state index contributed by atoms with van der Waals surface area (Å²) in [6, 6.07) is -0.784. The van der Waals surface area contributed by atoms with E-state index in [9.17, 15) is 9.59 Å². The van der Waals surface area contributed by atoms with Crippen LogP contribution in [0.4, 0.5) is 0 Å². The number of carboxylic acid groups (broad SMARTS) is 1. The molecule has 6 nitrogen and oxygen atoms in total. The molecule has 1 aliphatic heterocycles. The Hall–Kier alpha value is -1.69. The number of likely N-dealkylation sites (tertiary alicyclic amines) is 1. The van der Waals surface area contributed by atoms with Gasteiger partial charge in [0.1, 0.15) is 18.1 Å². The van der Waals surface area contributed by atoms with Gasteiger partial charge < -0.3 is 10.0 Å². The fourth-order valence-corrected chi connectivity index (χ4v) is 2.06. The van der Waals surface area contributed by atoms with Crippen LogP contribution in [0.15, 0.2) is 12.5 Å². The number of amides is 1. The number of carbonyl (C=O) groups excluding carboxylic acids is 1. The molecule has 0 saturated carbocycles. The Balaban J connectivity index is 2.26. The highest BCUT2D eigenvalue weighted by molar-refractivity contribution is 6.33. The van der Waals surface area contributed by atoms with Crippen LogP contribution >= 0.6 is 11.6 Å². The summed E-state index contributed by atoms with van der Waals surface area (Å²) in [4.78, 5) is 31.8. The van der Waals surface area contributed by atoms with E-state index in [1.807, 2.05) is 0 Å². The van der Waals surface area contributed by atoms with Crippen molar-refractivity contribution in [2.45, 2.75) is 18.9 Å². The van der Waals surface area contributed by atoms with Crippen molar-refractivity contribution in [3.63, 3.8) is 0 Å². The number of hydrogen-bond acceptors (Lipinski definition) is 4. The summed E-state index contributed by atoms with van der Waals surface area (Å²) in [5.41, 5.74) is 0.0508. The molecule has 1 N–H and O–H groups in total. The number of aromatic nitrogens is 2. The Morgan fingerprint density at radius 3 is 2.94 bits per heavy atom. The summed E-state index contributed by atoms with van der Waals surface area (Å²) in [5.74, 6) is -1.46. The summed E-state index contributed by atoms with van der Waals surface area (Å²) >= 11 is 5.80. The molecule has 1 amide bonds. The minimum absolute atomic E-state index is 0.0508. The third-order valence-electron chi connectivity index (χ3n) is 2.67. The van der Waals surface area contributed by atoms with E-state index in [1.165, 1.54) is 17.4 Å². The van der Waals surface area contributed by atoms with Crippen LogP contribution in [0.25, 0.3) is 0 Å². The Bertz CT molecular complexity index is 466. The molecule has 1 aromatic heterocycles. The smallest absolute Gasteiger partial charge is 0.326 e. The summed E-state index contributed by atoms with van der Waals surface area (Å²) in [5, 5.41) is 9.12. The average Bonchev–Trinajstić information content (AvgIpc) is 2.77. The summed E-state index contributed by atoms with van der Waals surface area (Å²) in [6.07, 6.45) is 3.66. The van der Waals surface area contributed by atoms with Crippen molar-refractivity contribution in [2.24, 2.45) is 0 Å². The van der Waals surface area contributed by atoms with Gasteiger partial charge in [0, 0.05) is 12.7 Å². The first-order valence-electron chi connectivity index (χ1n) is 5.10. The first-order valence-corrected chi connectivity index (χ1v) is 5.48. The quantitative estimate of drug-likeness (QED) is 0.846. The SMILES string of the molecule is O=C(O)C1CCCN1C(=O)c1ncncc1Cl. The van der Waals surface area contributed by atoms with E-state index >= 15 is 0 Å². The van der Waals surface area contributed by atoms with E-state index < -0.39 is 17.9 Å². The fourth-order valence-electron chi connectivity index (χ4n) is 1.87. The maximum absolute atomic E-state index is 12.1. The largest absolute Gasteiger partial charge is 0.480 e. The zero-order valence-corrected chi connectivity index (χ0v) is 9.59. The van der Waals surface area contributed by atoms with Gasteiger partial charge in [-0.25, -0.2) is 14.8 Å². The minimum Gasteiger partial charge on any atom is -0.480 e. The van der Waals surface area contributed by atoms with Gasteiger partial charge in [-0.2, -0.15) is 0 Å². The number of carboxylic acids is 1. The molecule has 90 valence electrons. The molecular weight excluding hydrogens is 246 g/mol. The lowest BCUT2D eigenvalue weighted by atomic mass is 10.2. The lowest BCUT2D eigenvalue weighted by molar-refractivity contribution is -0.141. The molecule has 1 aromatic rings. The van der Waals surface area contributed by atoms with E-state index in [-0.39, 0.29) is 10.7 Å². The number of aliphatic carboxylic acids is 1. The molecule has 1 atom stereocenters. The second-order valence-corrected chi connectivity index (χ2v) is 4.12. The van der Waals surface area contributed by atoms with Crippen LogP contribution in [-0.2, 0) is 4.79 Å². The molecule has 0 bridgehead atoms. The molecule has 1 unspecified atom stereocenters. The third kappa shape index (κ3) is 2.21. The number of carbonyl (C=O) groups is 2. The van der Waals surface area contributed by atoms with Crippen LogP contribution in [0, 0.1) is 0 Å². The van der Waals surface area contributed by atoms with E-state index in [2.05, 4.69) is 9.97 Å². The number of halogens is 1. The van der Waals surface area contributed by atoms with Gasteiger partial charge in [0.05, 0.1) is 5.02 Å². The predicted molar refractivity (Wildman–Crippen MR) is 58.7 cm³/mol. The van der Waals surface area contributed by atoms with Crippen LogP contribution in [-0.4, -0.2) is 44.4 Å². The Kier molecular flexibility index (Phi) is 3.23. The van der Waals surface area contributed by atoms with Gasteiger partial charge in [-0.05, 0) is 12.8 Å². The van der Waals surface area contributed by atoms with Gasteiger partial charge >= 0.3 is 5.97 Å². The summed E-state index contributed by atoms with van der Waals surface area (Å²) in [7, 11) is 0. The first kappa shape index (κ1) is 11.8. The fraction of sp³-hybridized carbons (Fsp3) is 0.400. The van der Waals surface area contributed by atoms with Crippen molar-refractivity contribution in [2.75, 3.05) is 6.54 Å². The molecule has 0 radical (unpaired) electrons. The summed E-state index contributed by atoms with van der Waals surface area (Å²) in [6.45, 7) is 0.413. The monoisotopic (exact) mass is 255 g/mol. The van der Waals surface area contributed by atoms with Crippen molar-refractivity contribution in [3.05, 3.63) is 23.2 Å². The zero-order valence-electron chi connectivity index (χ0n) is 8.84. The molecule has 17 heavy (non-hydrogen) atoms. The van der Waals surface area contributed by atoms with Crippen molar-refractivity contribution >= 4 is 23.5 Å². The molecule has 0 aliphatic carbocycles. The molecule has 1 fully saturated rings. The van der Waals surface area contributed by atoms with Gasteiger partial charge in [0.15, 0.2) is 0 Å². The number of hydrogen-bond donors (Lipinski definition) is 1. The van der Waals surface area contributed by atoms with Crippen LogP contribution in [0.5, 0.6) is 0 Å². The van der Waals surface area contributed by atoms with Crippen LogP contribution < -0.4 is 0 Å². The number of nitrogens with zero attached hydrogens (tertiary/aromatic N) is 3. The van der Waals surface area contributed by atoms with Crippen LogP contribution in [0.1, 0.15) is 23.3 Å². The van der Waals surface area contributed by atoms with Crippen LogP contribution in [0.3, 0.4) is 0 Å². The molecule has 0 spiro atoms. The average molecular weight is 256 g/mol. The highest BCUT2D eigenvalue weighted by Crippen LogP contribution is 2.22. The summed E-state index contributed by atoms with van der Waals surface area (Å²) < 4.78 is 0. The molecular formula is C10H10ClN3O3. The molecule has 2 heterocycles. The lowest BCUT2D eigenvalue weighted by Gasteiger charge is -2.21. The zero-order chi connectivity index (χ0) is 12.4. The van der Waals surface area contributed by atoms with Crippen LogP contribution in [0.2, 0.25) is 5.02 Å². The molecule has 1 saturated heterocycles. The maximum atomic E-state index is 12.1. The Morgan fingerprint density at radius 1 is 1.53 bits per heavy atom. The molecule has 0 aromatic carbocycles. The van der Waals surface area contributed by atoms with Gasteiger partial charge in [-0.1, -0.05) is 11.6 Å². The van der Waals surface area contributed by atoms with E-state index in [0.717, 1.165) is 0 Å². The van der Waals surface area contributed by atoms with E-state index in [4.69, 9.17) is 16.7 Å². The highest BCUT2D eigenvalue weighted by atomic mass is 35.5. The van der Waals surface area contributed by atoms with Crippen molar-refractivity contribution in [3.8, 4) is 0 Å². The van der Waals surface area contributed by atoms with E-state index in [1.54, 1.807) is 0 Å². The predicted octanol–water partition coefficient (Wildman–Crippen LogP) is 0.819. The lowest BCUT2D eigenvalue weighted by Crippen LogP contribution is -2.40. The standard InChI is InChI=1S/C10H10ClN3O3/c11-6-4-12-5-13-8(6)9(15)14-3-1-2-7(14)10(16)17/h4-5,7H,1-3H2,(H,16,17). The first-order chi connectivity index (χ1) is 8.11. The van der Waals surface area contributed by atoms with Gasteiger partial charge in [-0.3, -0.25) is 4.79 Å². The highest BCUT2D eigenvalue weighted by Gasteiger charge is 2.35. The third-order valence-corrected chi connectivity index (χ3v) is 2.95. The molecule has 7 heteroatoms. The Labute approximate surface area is 102 Å². The molecule has 1 aliphatic rings. The van der Waals surface area contributed by atoms with Crippen molar-refractivity contribution < 1.29 is 14.7 Å². The second kappa shape index (κ2) is 4.67. The minimum atomic E-state index is -0.999. The topological polar surface area (TPSA) is 83.4 Å². The maximum Gasteiger partial charge on any atom is 0.326 e. The Morgan fingerprint density at radius 2 is 2.29 bits per heavy atom. The van der Waals surface area contributed by atoms with E-state index in [0.29, 0.717) is 19.4 Å². The van der Waals surface area contributed by atoms with Gasteiger partial charge in [0.2, 0.25) is 0 Å². The molecule has 2 rings (SSSR count). The van der Waals surface area contributed by atoms with Gasteiger partial charge in [-0.15, -0.1) is 0 Å². The van der Waals surface area contributed by atoms with Crippen molar-refractivity contribution in [1.29, 1.82) is 0 Å². The normalized spacial score (nSPS) is 19.4. The second-order valence-electron chi connectivity index (χ2n) is 3.71.